The molecule has 3 aliphatic rings. The van der Waals surface area contributed by atoms with E-state index >= 15 is 0 Å². The van der Waals surface area contributed by atoms with Crippen LogP contribution in [0.25, 0.3) is 18.2 Å². The van der Waals surface area contributed by atoms with Gasteiger partial charge in [-0.2, -0.15) is 0 Å². The van der Waals surface area contributed by atoms with Gasteiger partial charge in [-0.3, -0.25) is 0 Å². The van der Waals surface area contributed by atoms with Crippen molar-refractivity contribution in [3.05, 3.63) is 150 Å². The third-order valence-electron chi connectivity index (χ3n) is 11.6. The molecule has 67 heavy (non-hydrogen) atoms. The number of hydrogen-bond donors (Lipinski definition) is 0. The molecule has 0 saturated heterocycles. The van der Waals surface area contributed by atoms with Crippen LogP contribution >= 0.6 is 0 Å². The quantitative estimate of drug-likeness (QED) is 0.0936. The fourth-order valence-electron chi connectivity index (χ4n) is 7.35. The minimum absolute atomic E-state index is 0. The van der Waals surface area contributed by atoms with Gasteiger partial charge >= 0.3 is 0 Å². The van der Waals surface area contributed by atoms with Crippen molar-refractivity contribution in [1.29, 1.82) is 0 Å². The molecule has 0 radical (unpaired) electrons. The first kappa shape index (κ1) is 55.7. The lowest BCUT2D eigenvalue weighted by Crippen LogP contribution is -2.05. The minimum atomic E-state index is 0. The van der Waals surface area contributed by atoms with Crippen molar-refractivity contribution in [2.75, 3.05) is 19.8 Å². The molecule has 3 aliphatic heterocycles. The van der Waals surface area contributed by atoms with Crippen molar-refractivity contribution >= 4 is 18.2 Å². The summed E-state index contributed by atoms with van der Waals surface area (Å²) >= 11 is 0. The maximum Gasteiger partial charge on any atom is 0.134 e. The lowest BCUT2D eigenvalue weighted by molar-refractivity contribution is 0.275. The molecule has 6 rings (SSSR count). The van der Waals surface area contributed by atoms with Gasteiger partial charge in [-0.15, -0.1) is 0 Å². The molecule has 0 bridgehead atoms. The lowest BCUT2D eigenvalue weighted by atomic mass is 9.98. The Kier molecular flexibility index (Phi) is 24.9. The topological polar surface area (TPSA) is 55.4 Å². The van der Waals surface area contributed by atoms with E-state index in [2.05, 4.69) is 94.2 Å². The second kappa shape index (κ2) is 29.9. The van der Waals surface area contributed by atoms with Crippen LogP contribution in [0.3, 0.4) is 0 Å². The van der Waals surface area contributed by atoms with Crippen LogP contribution in [0.1, 0.15) is 151 Å². The Balaban J connectivity index is 0.000000264. The van der Waals surface area contributed by atoms with E-state index in [1.165, 1.54) is 43.3 Å². The normalized spacial score (nSPS) is 14.0. The largest absolute Gasteiger partial charge is 0.494 e. The molecule has 3 atom stereocenters. The summed E-state index contributed by atoms with van der Waals surface area (Å²) in [4.78, 5) is 0. The summed E-state index contributed by atoms with van der Waals surface area (Å²) in [5.41, 5.74) is 5.93. The number of rotatable bonds is 22. The molecular weight excluding hydrogens is 829 g/mol. The first-order chi connectivity index (χ1) is 31.6. The van der Waals surface area contributed by atoms with Crippen molar-refractivity contribution in [2.45, 2.75) is 134 Å². The summed E-state index contributed by atoms with van der Waals surface area (Å²) in [6.07, 6.45) is 28.2. The van der Waals surface area contributed by atoms with Crippen molar-refractivity contribution in [3.8, 4) is 34.5 Å². The standard InChI is InChI=1S/C20H28O2.2C20H26O2.CH4/c3*1-15(2)6-5-7-16(3)12-13-21-19-10-11-20-18(14-19)9-8-17(4)22-20;/h8-11,14-16H,4-7,12-13H2,1-3H3;2*6,8-11,14,16H,4-5,7,12-13H2,1-3H3;1H4/t;2*16-;/m.10./s1. The van der Waals surface area contributed by atoms with E-state index in [9.17, 15) is 0 Å². The molecule has 6 nitrogen and oxygen atoms in total. The molecule has 3 heterocycles. The summed E-state index contributed by atoms with van der Waals surface area (Å²) in [5, 5.41) is 0. The highest BCUT2D eigenvalue weighted by Crippen LogP contribution is 2.33. The van der Waals surface area contributed by atoms with E-state index in [1.54, 1.807) is 0 Å². The molecule has 0 saturated carbocycles. The minimum Gasteiger partial charge on any atom is -0.494 e. The zero-order valence-corrected chi connectivity index (χ0v) is 41.9. The van der Waals surface area contributed by atoms with Gasteiger partial charge in [0.2, 0.25) is 0 Å². The van der Waals surface area contributed by atoms with Crippen molar-refractivity contribution in [2.24, 2.45) is 23.7 Å². The van der Waals surface area contributed by atoms with Gasteiger partial charge in [0, 0.05) is 16.7 Å². The lowest BCUT2D eigenvalue weighted by Gasteiger charge is -2.16. The molecule has 0 aliphatic carbocycles. The van der Waals surface area contributed by atoms with Gasteiger partial charge in [-0.1, -0.05) is 104 Å². The van der Waals surface area contributed by atoms with Crippen molar-refractivity contribution in [3.63, 3.8) is 0 Å². The summed E-state index contributed by atoms with van der Waals surface area (Å²) in [6.45, 7) is 33.8. The van der Waals surface area contributed by atoms with Gasteiger partial charge in [0.15, 0.2) is 0 Å². The van der Waals surface area contributed by atoms with Gasteiger partial charge in [0.25, 0.3) is 0 Å². The highest BCUT2D eigenvalue weighted by Gasteiger charge is 2.13. The summed E-state index contributed by atoms with van der Waals surface area (Å²) in [6, 6.07) is 17.8. The monoisotopic (exact) mass is 913 g/mol. The molecular formula is C61H84O6. The molecule has 0 fully saturated rings. The van der Waals surface area contributed by atoms with Crippen molar-refractivity contribution < 1.29 is 28.4 Å². The summed E-state index contributed by atoms with van der Waals surface area (Å²) in [7, 11) is 0. The van der Waals surface area contributed by atoms with Gasteiger partial charge < -0.3 is 28.4 Å². The SMILES string of the molecule is C.C=C1C=Cc2cc(OCCC(C)CCCC(C)C)ccc2O1.C=C1C=Cc2cc(OCC[C@@H](C)CCC=C(C)C)ccc2O1.C=C1C=Cc2cc(OCC[C@H](C)CCC=C(C)C)ccc2O1. The number of fused-ring (bicyclic) bond motifs is 3. The highest BCUT2D eigenvalue weighted by atomic mass is 16.5. The van der Waals surface area contributed by atoms with Crippen LogP contribution in [0.2, 0.25) is 0 Å². The zero-order valence-electron chi connectivity index (χ0n) is 41.9. The second-order valence-corrected chi connectivity index (χ2v) is 19.1. The fraction of sp³-hybridized carbons (Fsp3) is 0.443. The maximum atomic E-state index is 5.89. The first-order valence-corrected chi connectivity index (χ1v) is 24.3. The van der Waals surface area contributed by atoms with Crippen LogP contribution in [-0.2, 0) is 0 Å². The van der Waals surface area contributed by atoms with Crippen LogP contribution in [0.15, 0.2) is 133 Å². The first-order valence-electron chi connectivity index (χ1n) is 24.3. The molecule has 0 aromatic heterocycles. The van der Waals surface area contributed by atoms with Crippen LogP contribution in [0.4, 0.5) is 0 Å². The summed E-state index contributed by atoms with van der Waals surface area (Å²) < 4.78 is 34.3. The Labute approximate surface area is 406 Å². The van der Waals surface area contributed by atoms with E-state index in [-0.39, 0.29) is 7.43 Å². The van der Waals surface area contributed by atoms with Crippen LogP contribution in [0, 0.1) is 23.7 Å². The zero-order chi connectivity index (χ0) is 47.8. The molecule has 3 aromatic rings. The van der Waals surface area contributed by atoms with Gasteiger partial charge in [0.05, 0.1) is 19.8 Å². The van der Waals surface area contributed by atoms with E-state index in [1.807, 2.05) is 91.1 Å². The van der Waals surface area contributed by atoms with Crippen molar-refractivity contribution in [1.82, 2.24) is 0 Å². The van der Waals surface area contributed by atoms with E-state index in [4.69, 9.17) is 28.4 Å². The second-order valence-electron chi connectivity index (χ2n) is 19.1. The van der Waals surface area contributed by atoms with Crippen LogP contribution in [0.5, 0.6) is 34.5 Å². The number of allylic oxidation sites excluding steroid dienone is 7. The van der Waals surface area contributed by atoms with E-state index in [0.29, 0.717) is 29.1 Å². The Bertz CT molecular complexity index is 2070. The Morgan fingerprint density at radius 1 is 0.463 bits per heavy atom. The number of benzene rings is 3. The molecule has 6 heteroatoms. The molecule has 0 N–H and O–H groups in total. The van der Waals surface area contributed by atoms with E-state index in [0.717, 1.165) is 115 Å². The number of ether oxygens (including phenoxy) is 6. The molecule has 0 spiro atoms. The third-order valence-corrected chi connectivity index (χ3v) is 11.6. The van der Waals surface area contributed by atoms with E-state index < -0.39 is 0 Å². The molecule has 364 valence electrons. The van der Waals surface area contributed by atoms with Gasteiger partial charge in [0.1, 0.15) is 51.8 Å². The highest BCUT2D eigenvalue weighted by molar-refractivity contribution is 5.66. The number of hydrogen-bond acceptors (Lipinski definition) is 6. The molecule has 1 unspecified atom stereocenters. The third kappa shape index (κ3) is 22.2. The van der Waals surface area contributed by atoms with Gasteiger partial charge in [-0.05, 0) is 187 Å². The van der Waals surface area contributed by atoms with Crippen LogP contribution in [-0.4, -0.2) is 19.8 Å². The molecule has 0 amide bonds. The van der Waals surface area contributed by atoms with Gasteiger partial charge in [-0.25, -0.2) is 0 Å². The Hall–Kier alpha value is -5.62. The van der Waals surface area contributed by atoms with Crippen LogP contribution < -0.4 is 28.4 Å². The predicted molar refractivity (Wildman–Crippen MR) is 286 cm³/mol. The fourth-order valence-corrected chi connectivity index (χ4v) is 7.35. The summed E-state index contributed by atoms with van der Waals surface area (Å²) in [5.74, 6) is 10.2. The Morgan fingerprint density at radius 3 is 1.10 bits per heavy atom. The maximum absolute atomic E-state index is 5.89. The smallest absolute Gasteiger partial charge is 0.134 e. The predicted octanol–water partition coefficient (Wildman–Crippen LogP) is 18.0. The Morgan fingerprint density at radius 2 is 0.791 bits per heavy atom. The molecule has 3 aromatic carbocycles. The average Bonchev–Trinajstić information content (AvgIpc) is 3.26. The average molecular weight is 913 g/mol.